The van der Waals surface area contributed by atoms with Crippen LogP contribution in [0.5, 0.6) is 23.0 Å². The van der Waals surface area contributed by atoms with Gasteiger partial charge < -0.3 is 18.9 Å². The minimum atomic E-state index is -0.664. The number of ketones is 1. The van der Waals surface area contributed by atoms with Crippen molar-refractivity contribution in [2.24, 2.45) is 0 Å². The second kappa shape index (κ2) is 8.14. The summed E-state index contributed by atoms with van der Waals surface area (Å²) in [5.74, 6) is -1.69. The zero-order valence-electron chi connectivity index (χ0n) is 16.0. The van der Waals surface area contributed by atoms with Crippen LogP contribution in [0.15, 0.2) is 36.4 Å². The molecule has 0 amide bonds. The molecule has 8 nitrogen and oxygen atoms in total. The molecule has 0 bridgehead atoms. The molecule has 3 rings (SSSR count). The van der Waals surface area contributed by atoms with Gasteiger partial charge in [-0.2, -0.15) is 0 Å². The summed E-state index contributed by atoms with van der Waals surface area (Å²) in [6.45, 7) is 3.69. The van der Waals surface area contributed by atoms with E-state index in [1.165, 1.54) is 32.9 Å². The molecular formula is C21H18O8. The van der Waals surface area contributed by atoms with Crippen LogP contribution in [0.4, 0.5) is 0 Å². The van der Waals surface area contributed by atoms with Crippen molar-refractivity contribution in [1.29, 1.82) is 0 Å². The number of hydrogen-bond donors (Lipinski definition) is 0. The van der Waals surface area contributed by atoms with E-state index in [0.717, 1.165) is 0 Å². The smallest absolute Gasteiger partial charge is 0.308 e. The van der Waals surface area contributed by atoms with Crippen LogP contribution in [-0.4, -0.2) is 23.7 Å². The molecule has 2 aromatic carbocycles. The summed E-state index contributed by atoms with van der Waals surface area (Å²) in [6.07, 6.45) is -0.602. The highest BCUT2D eigenvalue weighted by molar-refractivity contribution is 6.01. The van der Waals surface area contributed by atoms with Gasteiger partial charge in [0, 0.05) is 20.8 Å². The van der Waals surface area contributed by atoms with Crippen LogP contribution in [0.25, 0.3) is 0 Å². The molecule has 0 fully saturated rings. The van der Waals surface area contributed by atoms with E-state index in [1.807, 2.05) is 0 Å². The van der Waals surface area contributed by atoms with Crippen molar-refractivity contribution >= 4 is 23.7 Å². The highest BCUT2D eigenvalue weighted by Gasteiger charge is 2.33. The zero-order valence-corrected chi connectivity index (χ0v) is 16.0. The summed E-state index contributed by atoms with van der Waals surface area (Å²) in [6, 6.07) is 9.35. The van der Waals surface area contributed by atoms with Crippen LogP contribution in [0.1, 0.15) is 49.2 Å². The fourth-order valence-electron chi connectivity index (χ4n) is 2.92. The summed E-state index contributed by atoms with van der Waals surface area (Å²) in [7, 11) is 0. The van der Waals surface area contributed by atoms with E-state index in [0.29, 0.717) is 11.3 Å². The molecule has 0 saturated carbocycles. The van der Waals surface area contributed by atoms with Crippen molar-refractivity contribution < 1.29 is 38.1 Å². The molecule has 0 N–H and O–H groups in total. The number of fused-ring (bicyclic) bond motifs is 1. The normalized spacial score (nSPS) is 15.0. The lowest BCUT2D eigenvalue weighted by atomic mass is 9.95. The predicted octanol–water partition coefficient (Wildman–Crippen LogP) is 3.17. The molecular weight excluding hydrogens is 380 g/mol. The SMILES string of the molecule is CC(=O)Oc1ccc(C2CC(=O)c3ccc(OC(C)=O)c(OC(C)=O)c3O2)cc1. The zero-order chi connectivity index (χ0) is 21.1. The topological polar surface area (TPSA) is 105 Å². The van der Waals surface area contributed by atoms with Crippen LogP contribution in [0.2, 0.25) is 0 Å². The minimum Gasteiger partial charge on any atom is -0.480 e. The van der Waals surface area contributed by atoms with Gasteiger partial charge in [0.15, 0.2) is 17.3 Å². The van der Waals surface area contributed by atoms with Gasteiger partial charge in [0.25, 0.3) is 0 Å². The highest BCUT2D eigenvalue weighted by Crippen LogP contribution is 2.46. The van der Waals surface area contributed by atoms with Gasteiger partial charge in [-0.15, -0.1) is 0 Å². The second-order valence-electron chi connectivity index (χ2n) is 6.35. The van der Waals surface area contributed by atoms with Gasteiger partial charge >= 0.3 is 17.9 Å². The molecule has 0 saturated heterocycles. The van der Waals surface area contributed by atoms with Gasteiger partial charge in [-0.1, -0.05) is 12.1 Å². The number of carbonyl (C=O) groups excluding carboxylic acids is 4. The standard InChI is InChI=1S/C21H18O8/c1-11(22)26-15-6-4-14(5-7-15)19-10-17(25)16-8-9-18(27-12(2)23)21(20(16)29-19)28-13(3)24/h4-9,19H,10H2,1-3H3. The van der Waals surface area contributed by atoms with E-state index in [9.17, 15) is 19.2 Å². The predicted molar refractivity (Wildman–Crippen MR) is 99.1 cm³/mol. The lowest BCUT2D eigenvalue weighted by Crippen LogP contribution is -2.22. The number of hydrogen-bond acceptors (Lipinski definition) is 8. The summed E-state index contributed by atoms with van der Waals surface area (Å²) in [5.41, 5.74) is 0.886. The number of benzene rings is 2. The van der Waals surface area contributed by atoms with Crippen molar-refractivity contribution in [3.8, 4) is 23.0 Å². The lowest BCUT2D eigenvalue weighted by molar-refractivity contribution is -0.134. The first-order valence-electron chi connectivity index (χ1n) is 8.76. The van der Waals surface area contributed by atoms with Gasteiger partial charge in [0.1, 0.15) is 11.9 Å². The van der Waals surface area contributed by atoms with Gasteiger partial charge in [-0.05, 0) is 29.8 Å². The van der Waals surface area contributed by atoms with Crippen LogP contribution >= 0.6 is 0 Å². The van der Waals surface area contributed by atoms with E-state index in [2.05, 4.69) is 0 Å². The van der Waals surface area contributed by atoms with E-state index in [1.54, 1.807) is 24.3 Å². The Labute approximate surface area is 166 Å². The average Bonchev–Trinajstić information content (AvgIpc) is 2.63. The molecule has 1 heterocycles. The van der Waals surface area contributed by atoms with E-state index in [4.69, 9.17) is 18.9 Å². The van der Waals surface area contributed by atoms with Crippen LogP contribution in [0, 0.1) is 0 Å². The van der Waals surface area contributed by atoms with Crippen molar-refractivity contribution in [2.45, 2.75) is 33.3 Å². The molecule has 8 heteroatoms. The monoisotopic (exact) mass is 398 g/mol. The second-order valence-corrected chi connectivity index (χ2v) is 6.35. The third-order valence-electron chi connectivity index (χ3n) is 4.02. The summed E-state index contributed by atoms with van der Waals surface area (Å²) in [5, 5.41) is 0. The fraction of sp³-hybridized carbons (Fsp3) is 0.238. The highest BCUT2D eigenvalue weighted by atomic mass is 16.6. The number of Topliss-reactive ketones (excluding diaryl/α,β-unsaturated/α-hetero) is 1. The van der Waals surface area contributed by atoms with E-state index < -0.39 is 24.0 Å². The van der Waals surface area contributed by atoms with Gasteiger partial charge in [0.2, 0.25) is 5.75 Å². The molecule has 1 aliphatic rings. The molecule has 150 valence electrons. The number of carbonyl (C=O) groups is 4. The maximum atomic E-state index is 12.7. The Morgan fingerprint density at radius 2 is 1.48 bits per heavy atom. The number of ether oxygens (including phenoxy) is 4. The molecule has 29 heavy (non-hydrogen) atoms. The molecule has 1 atom stereocenters. The number of rotatable bonds is 4. The van der Waals surface area contributed by atoms with Gasteiger partial charge in [0.05, 0.1) is 12.0 Å². The van der Waals surface area contributed by atoms with E-state index in [-0.39, 0.29) is 35.0 Å². The van der Waals surface area contributed by atoms with E-state index >= 15 is 0 Å². The summed E-state index contributed by atoms with van der Waals surface area (Å²) >= 11 is 0. The Morgan fingerprint density at radius 1 is 0.862 bits per heavy atom. The lowest BCUT2D eigenvalue weighted by Gasteiger charge is -2.27. The van der Waals surface area contributed by atoms with Crippen LogP contribution < -0.4 is 18.9 Å². The first-order chi connectivity index (χ1) is 13.7. The Balaban J connectivity index is 1.98. The third-order valence-corrected chi connectivity index (χ3v) is 4.02. The maximum Gasteiger partial charge on any atom is 0.308 e. The fourth-order valence-corrected chi connectivity index (χ4v) is 2.92. The van der Waals surface area contributed by atoms with Crippen molar-refractivity contribution in [3.05, 3.63) is 47.5 Å². The Kier molecular flexibility index (Phi) is 5.63. The Morgan fingerprint density at radius 3 is 2.07 bits per heavy atom. The molecule has 0 aromatic heterocycles. The quantitative estimate of drug-likeness (QED) is 0.571. The van der Waals surface area contributed by atoms with Crippen LogP contribution in [0.3, 0.4) is 0 Å². The average molecular weight is 398 g/mol. The molecule has 1 unspecified atom stereocenters. The molecule has 0 spiro atoms. The maximum absolute atomic E-state index is 12.7. The van der Waals surface area contributed by atoms with Crippen molar-refractivity contribution in [2.75, 3.05) is 0 Å². The summed E-state index contributed by atoms with van der Waals surface area (Å²) in [4.78, 5) is 46.6. The summed E-state index contributed by atoms with van der Waals surface area (Å²) < 4.78 is 21.2. The first kappa shape index (κ1) is 20.1. The Hall–Kier alpha value is -3.68. The minimum absolute atomic E-state index is 0.0230. The molecule has 1 aliphatic heterocycles. The Bertz CT molecular complexity index is 990. The van der Waals surface area contributed by atoms with Crippen LogP contribution in [-0.2, 0) is 14.4 Å². The van der Waals surface area contributed by atoms with Gasteiger partial charge in [-0.3, -0.25) is 19.2 Å². The molecule has 2 aromatic rings. The van der Waals surface area contributed by atoms with Crippen molar-refractivity contribution in [3.63, 3.8) is 0 Å². The molecule has 0 aliphatic carbocycles. The molecule has 0 radical (unpaired) electrons. The van der Waals surface area contributed by atoms with Crippen molar-refractivity contribution in [1.82, 2.24) is 0 Å². The van der Waals surface area contributed by atoms with Gasteiger partial charge in [-0.25, -0.2) is 0 Å². The first-order valence-corrected chi connectivity index (χ1v) is 8.76. The third kappa shape index (κ3) is 4.60. The largest absolute Gasteiger partial charge is 0.480 e. The number of esters is 3.